The maximum atomic E-state index is 12.4. The SMILES string of the molecule is O=c1cc(C(F)(F)F)nc2n1C[C@@H]1CC21. The summed E-state index contributed by atoms with van der Waals surface area (Å²) in [5, 5.41) is 0. The van der Waals surface area contributed by atoms with Crippen molar-refractivity contribution in [1.29, 1.82) is 0 Å². The maximum Gasteiger partial charge on any atom is 0.433 e. The van der Waals surface area contributed by atoms with E-state index in [4.69, 9.17) is 0 Å². The van der Waals surface area contributed by atoms with E-state index in [9.17, 15) is 18.0 Å². The molecule has 0 N–H and O–H groups in total. The summed E-state index contributed by atoms with van der Waals surface area (Å²) in [6.07, 6.45) is -3.66. The first-order valence-corrected chi connectivity index (χ1v) is 4.66. The predicted molar refractivity (Wildman–Crippen MR) is 44.3 cm³/mol. The van der Waals surface area contributed by atoms with E-state index >= 15 is 0 Å². The van der Waals surface area contributed by atoms with Crippen LogP contribution >= 0.6 is 0 Å². The molecule has 15 heavy (non-hydrogen) atoms. The number of halogens is 3. The van der Waals surface area contributed by atoms with E-state index in [1.54, 1.807) is 0 Å². The van der Waals surface area contributed by atoms with Gasteiger partial charge in [0.05, 0.1) is 0 Å². The van der Waals surface area contributed by atoms with Gasteiger partial charge in [-0.25, -0.2) is 4.98 Å². The van der Waals surface area contributed by atoms with E-state index in [1.807, 2.05) is 0 Å². The van der Waals surface area contributed by atoms with Crippen LogP contribution in [0.3, 0.4) is 0 Å². The molecular weight excluding hydrogens is 209 g/mol. The van der Waals surface area contributed by atoms with Gasteiger partial charge in [0.25, 0.3) is 5.56 Å². The normalized spacial score (nSPS) is 27.4. The molecule has 2 heterocycles. The lowest BCUT2D eigenvalue weighted by molar-refractivity contribution is -0.141. The topological polar surface area (TPSA) is 34.9 Å². The molecule has 1 fully saturated rings. The Morgan fingerprint density at radius 1 is 1.47 bits per heavy atom. The van der Waals surface area contributed by atoms with Crippen molar-refractivity contribution in [1.82, 2.24) is 9.55 Å². The highest BCUT2D eigenvalue weighted by molar-refractivity contribution is 5.21. The fraction of sp³-hybridized carbons (Fsp3) is 0.556. The van der Waals surface area contributed by atoms with Gasteiger partial charge in [0, 0.05) is 18.5 Å². The van der Waals surface area contributed by atoms with E-state index in [0.29, 0.717) is 24.4 Å². The van der Waals surface area contributed by atoms with Crippen molar-refractivity contribution in [2.75, 3.05) is 0 Å². The standard InChI is InChI=1S/C9H7F3N2O/c10-9(11,12)6-2-7(15)14-3-4-1-5(4)8(14)13-6/h2,4-5H,1,3H2/t4-,5?/m0/s1. The zero-order chi connectivity index (χ0) is 10.8. The lowest BCUT2D eigenvalue weighted by Gasteiger charge is -2.09. The summed E-state index contributed by atoms with van der Waals surface area (Å²) in [7, 11) is 0. The molecule has 2 aliphatic rings. The van der Waals surface area contributed by atoms with Gasteiger partial charge in [-0.1, -0.05) is 0 Å². The summed E-state index contributed by atoms with van der Waals surface area (Å²) < 4.78 is 38.5. The third-order valence-electron chi connectivity index (χ3n) is 3.00. The van der Waals surface area contributed by atoms with Gasteiger partial charge in [0.2, 0.25) is 0 Å². The fourth-order valence-electron chi connectivity index (χ4n) is 2.14. The number of hydrogen-bond acceptors (Lipinski definition) is 2. The Labute approximate surface area is 82.6 Å². The summed E-state index contributed by atoms with van der Waals surface area (Å²) in [5.41, 5.74) is -1.65. The first-order chi connectivity index (χ1) is 6.97. The lowest BCUT2D eigenvalue weighted by Crippen LogP contribution is -2.25. The Morgan fingerprint density at radius 3 is 2.87 bits per heavy atom. The van der Waals surface area contributed by atoms with Crippen LogP contribution in [0, 0.1) is 5.92 Å². The van der Waals surface area contributed by atoms with E-state index in [-0.39, 0.29) is 5.92 Å². The molecule has 2 atom stereocenters. The average Bonchev–Trinajstić information content (AvgIpc) is 2.79. The minimum Gasteiger partial charge on any atom is -0.296 e. The first-order valence-electron chi connectivity index (χ1n) is 4.66. The molecule has 0 saturated heterocycles. The Kier molecular flexibility index (Phi) is 1.45. The van der Waals surface area contributed by atoms with Gasteiger partial charge < -0.3 is 0 Å². The molecule has 0 radical (unpaired) electrons. The van der Waals surface area contributed by atoms with Crippen LogP contribution in [0.4, 0.5) is 13.2 Å². The smallest absolute Gasteiger partial charge is 0.296 e. The van der Waals surface area contributed by atoms with Crippen molar-refractivity contribution in [3.05, 3.63) is 27.9 Å². The van der Waals surface area contributed by atoms with E-state index in [1.165, 1.54) is 4.57 Å². The largest absolute Gasteiger partial charge is 0.433 e. The monoisotopic (exact) mass is 216 g/mol. The Bertz CT molecular complexity index is 491. The lowest BCUT2D eigenvalue weighted by atomic mass is 10.3. The zero-order valence-electron chi connectivity index (χ0n) is 7.58. The van der Waals surface area contributed by atoms with Crippen LogP contribution in [0.2, 0.25) is 0 Å². The number of hydrogen-bond donors (Lipinski definition) is 0. The molecule has 1 aromatic rings. The van der Waals surface area contributed by atoms with Crippen molar-refractivity contribution < 1.29 is 13.2 Å². The second-order valence-corrected chi connectivity index (χ2v) is 4.05. The van der Waals surface area contributed by atoms with Gasteiger partial charge in [-0.2, -0.15) is 13.2 Å². The highest BCUT2D eigenvalue weighted by Crippen LogP contribution is 2.52. The molecule has 3 nitrogen and oxygen atoms in total. The molecule has 1 saturated carbocycles. The number of fused-ring (bicyclic) bond motifs is 3. The van der Waals surface area contributed by atoms with Gasteiger partial charge in [-0.05, 0) is 12.3 Å². The molecule has 1 aromatic heterocycles. The molecule has 80 valence electrons. The minimum atomic E-state index is -4.53. The van der Waals surface area contributed by atoms with Crippen LogP contribution in [0.15, 0.2) is 10.9 Å². The summed E-state index contributed by atoms with van der Waals surface area (Å²) in [4.78, 5) is 14.9. The van der Waals surface area contributed by atoms with Crippen LogP contribution in [0.1, 0.15) is 23.9 Å². The van der Waals surface area contributed by atoms with Crippen molar-refractivity contribution in [3.8, 4) is 0 Å². The van der Waals surface area contributed by atoms with Crippen molar-refractivity contribution in [2.45, 2.75) is 25.1 Å². The van der Waals surface area contributed by atoms with Gasteiger partial charge in [-0.3, -0.25) is 9.36 Å². The van der Waals surface area contributed by atoms with Gasteiger partial charge in [0.15, 0.2) is 5.69 Å². The quantitative estimate of drug-likeness (QED) is 0.656. The van der Waals surface area contributed by atoms with Gasteiger partial charge >= 0.3 is 6.18 Å². The molecule has 3 rings (SSSR count). The van der Waals surface area contributed by atoms with Crippen molar-refractivity contribution in [3.63, 3.8) is 0 Å². The van der Waals surface area contributed by atoms with Crippen LogP contribution in [0.25, 0.3) is 0 Å². The zero-order valence-corrected chi connectivity index (χ0v) is 7.58. The van der Waals surface area contributed by atoms with Crippen LogP contribution in [-0.4, -0.2) is 9.55 Å². The molecular formula is C9H7F3N2O. The van der Waals surface area contributed by atoms with Crippen LogP contribution in [-0.2, 0) is 12.7 Å². The molecule has 0 spiro atoms. The number of alkyl halides is 3. The maximum absolute atomic E-state index is 12.4. The van der Waals surface area contributed by atoms with Crippen molar-refractivity contribution >= 4 is 0 Å². The second kappa shape index (κ2) is 2.43. The van der Waals surface area contributed by atoms with Crippen LogP contribution < -0.4 is 5.56 Å². The molecule has 0 bridgehead atoms. The second-order valence-electron chi connectivity index (χ2n) is 4.05. The van der Waals surface area contributed by atoms with Gasteiger partial charge in [0.1, 0.15) is 5.82 Å². The number of nitrogens with zero attached hydrogens (tertiary/aromatic N) is 2. The summed E-state index contributed by atoms with van der Waals surface area (Å²) >= 11 is 0. The Morgan fingerprint density at radius 2 is 2.20 bits per heavy atom. The third kappa shape index (κ3) is 1.20. The molecule has 0 amide bonds. The molecule has 1 aliphatic heterocycles. The highest BCUT2D eigenvalue weighted by atomic mass is 19.4. The van der Waals surface area contributed by atoms with E-state index < -0.39 is 17.4 Å². The summed E-state index contributed by atoms with van der Waals surface area (Å²) in [6, 6.07) is 0.578. The number of rotatable bonds is 0. The molecule has 1 aliphatic carbocycles. The predicted octanol–water partition coefficient (Wildman–Crippen LogP) is 1.38. The van der Waals surface area contributed by atoms with E-state index in [2.05, 4.69) is 4.98 Å². The summed E-state index contributed by atoms with van der Waals surface area (Å²) in [5.74, 6) is 0.744. The summed E-state index contributed by atoms with van der Waals surface area (Å²) in [6.45, 7) is 0.532. The highest BCUT2D eigenvalue weighted by Gasteiger charge is 2.48. The molecule has 6 heteroatoms. The Balaban J connectivity index is 2.18. The molecule has 0 aromatic carbocycles. The van der Waals surface area contributed by atoms with E-state index in [0.717, 1.165) is 6.42 Å². The fourth-order valence-corrected chi connectivity index (χ4v) is 2.14. The van der Waals surface area contributed by atoms with Crippen molar-refractivity contribution in [2.24, 2.45) is 5.92 Å². The third-order valence-corrected chi connectivity index (χ3v) is 3.00. The minimum absolute atomic E-state index is 0.0833. The first kappa shape index (κ1) is 8.94. The van der Waals surface area contributed by atoms with Crippen LogP contribution in [0.5, 0.6) is 0 Å². The number of aromatic nitrogens is 2. The molecule has 1 unspecified atom stereocenters. The average molecular weight is 216 g/mol. The Hall–Kier alpha value is -1.33. The van der Waals surface area contributed by atoms with Gasteiger partial charge in [-0.15, -0.1) is 0 Å².